The molecule has 1 saturated heterocycles. The number of benzene rings is 2. The first-order valence-corrected chi connectivity index (χ1v) is 11.4. The molecule has 162 valence electrons. The second-order valence-corrected chi connectivity index (χ2v) is 9.30. The highest BCUT2D eigenvalue weighted by Gasteiger charge is 2.29. The normalized spacial score (nSPS) is 15.6. The van der Waals surface area contributed by atoms with Crippen molar-refractivity contribution in [3.05, 3.63) is 53.1 Å². The van der Waals surface area contributed by atoms with E-state index in [4.69, 9.17) is 9.47 Å². The molecule has 1 atom stereocenters. The topological polar surface area (TPSA) is 84.9 Å². The predicted octanol–water partition coefficient (Wildman–Crippen LogP) is 3.29. The highest BCUT2D eigenvalue weighted by atomic mass is 32.2. The Balaban J connectivity index is 1.86. The summed E-state index contributed by atoms with van der Waals surface area (Å²) in [7, 11) is -0.471. The van der Waals surface area contributed by atoms with E-state index in [2.05, 4.69) is 5.32 Å². The van der Waals surface area contributed by atoms with Crippen molar-refractivity contribution in [1.82, 2.24) is 9.62 Å². The lowest BCUT2D eigenvalue weighted by molar-refractivity contribution is 0.0939. The Bertz CT molecular complexity index is 1030. The van der Waals surface area contributed by atoms with Crippen molar-refractivity contribution in [2.75, 3.05) is 27.3 Å². The Morgan fingerprint density at radius 1 is 1.07 bits per heavy atom. The fourth-order valence-corrected chi connectivity index (χ4v) is 5.39. The maximum Gasteiger partial charge on any atom is 0.251 e. The fourth-order valence-electron chi connectivity index (χ4n) is 3.62. The number of carbonyl (C=O) groups is 1. The van der Waals surface area contributed by atoms with Gasteiger partial charge in [0.05, 0.1) is 25.2 Å². The highest BCUT2D eigenvalue weighted by Crippen LogP contribution is 2.30. The lowest BCUT2D eigenvalue weighted by Gasteiger charge is -2.20. The minimum Gasteiger partial charge on any atom is -0.497 e. The quantitative estimate of drug-likeness (QED) is 0.726. The molecule has 1 N–H and O–H groups in total. The van der Waals surface area contributed by atoms with Gasteiger partial charge in [-0.05, 0) is 62.6 Å². The third kappa shape index (κ3) is 4.44. The molecular weight excluding hydrogens is 404 g/mol. The molecule has 3 rings (SSSR count). The van der Waals surface area contributed by atoms with Gasteiger partial charge in [-0.25, -0.2) is 8.42 Å². The molecule has 7 nitrogen and oxygen atoms in total. The number of amides is 1. The summed E-state index contributed by atoms with van der Waals surface area (Å²) < 4.78 is 38.1. The first-order chi connectivity index (χ1) is 14.3. The minimum absolute atomic E-state index is 0.184. The van der Waals surface area contributed by atoms with Gasteiger partial charge in [0.2, 0.25) is 10.0 Å². The van der Waals surface area contributed by atoms with Crippen LogP contribution in [0.5, 0.6) is 11.5 Å². The number of hydrogen-bond acceptors (Lipinski definition) is 5. The molecule has 8 heteroatoms. The second-order valence-electron chi connectivity index (χ2n) is 7.39. The smallest absolute Gasteiger partial charge is 0.251 e. The molecule has 1 amide bonds. The van der Waals surface area contributed by atoms with Gasteiger partial charge in [0.25, 0.3) is 5.91 Å². The maximum absolute atomic E-state index is 13.0. The lowest BCUT2D eigenvalue weighted by atomic mass is 10.1. The Kier molecular flexibility index (Phi) is 6.67. The molecule has 0 spiro atoms. The van der Waals surface area contributed by atoms with Crippen LogP contribution >= 0.6 is 0 Å². The molecule has 0 bridgehead atoms. The van der Waals surface area contributed by atoms with Gasteiger partial charge >= 0.3 is 0 Å². The van der Waals surface area contributed by atoms with Crippen molar-refractivity contribution in [2.45, 2.75) is 37.6 Å². The van der Waals surface area contributed by atoms with E-state index in [1.807, 2.05) is 13.0 Å². The van der Waals surface area contributed by atoms with Crippen LogP contribution in [0.4, 0.5) is 0 Å². The van der Waals surface area contributed by atoms with Crippen molar-refractivity contribution < 1.29 is 22.7 Å². The van der Waals surface area contributed by atoms with Gasteiger partial charge in [-0.2, -0.15) is 4.31 Å². The maximum atomic E-state index is 13.0. The number of methoxy groups -OCH3 is 2. The molecule has 0 aromatic heterocycles. The summed E-state index contributed by atoms with van der Waals surface area (Å²) in [6.07, 6.45) is 1.72. The van der Waals surface area contributed by atoms with Crippen LogP contribution in [0.2, 0.25) is 0 Å². The second kappa shape index (κ2) is 9.06. The molecule has 0 saturated carbocycles. The summed E-state index contributed by atoms with van der Waals surface area (Å²) in [6, 6.07) is 9.78. The van der Waals surface area contributed by atoms with Crippen molar-refractivity contribution in [3.8, 4) is 11.5 Å². The van der Waals surface area contributed by atoms with E-state index in [-0.39, 0.29) is 16.8 Å². The van der Waals surface area contributed by atoms with Gasteiger partial charge in [-0.3, -0.25) is 4.79 Å². The van der Waals surface area contributed by atoms with Crippen LogP contribution in [0.15, 0.2) is 41.3 Å². The zero-order valence-corrected chi connectivity index (χ0v) is 18.6. The van der Waals surface area contributed by atoms with Crippen LogP contribution in [-0.4, -0.2) is 45.9 Å². The van der Waals surface area contributed by atoms with Gasteiger partial charge in [-0.1, -0.05) is 6.07 Å². The van der Waals surface area contributed by atoms with E-state index >= 15 is 0 Å². The van der Waals surface area contributed by atoms with Crippen LogP contribution in [-0.2, 0) is 10.0 Å². The standard InChI is InChI=1S/C22H28N2O5S/c1-15-7-8-17(13-21(15)30(26,27)24-11-5-6-12-24)22(25)23-16(2)19-14-18(28-3)9-10-20(19)29-4/h7-10,13-14,16H,5-6,11-12H2,1-4H3,(H,23,25)/t16-/m0/s1. The third-order valence-corrected chi connectivity index (χ3v) is 7.42. The molecule has 0 radical (unpaired) electrons. The summed E-state index contributed by atoms with van der Waals surface area (Å²) in [5.74, 6) is 0.927. The van der Waals surface area contributed by atoms with Gasteiger partial charge in [0, 0.05) is 24.2 Å². The summed E-state index contributed by atoms with van der Waals surface area (Å²) in [5.41, 5.74) is 1.69. The van der Waals surface area contributed by atoms with E-state index < -0.39 is 10.0 Å². The molecule has 1 aliphatic heterocycles. The first kappa shape index (κ1) is 22.1. The van der Waals surface area contributed by atoms with E-state index in [1.165, 1.54) is 10.4 Å². The molecule has 0 aliphatic carbocycles. The summed E-state index contributed by atoms with van der Waals surface area (Å²) in [6.45, 7) is 4.62. The zero-order chi connectivity index (χ0) is 21.9. The molecule has 30 heavy (non-hydrogen) atoms. The zero-order valence-electron chi connectivity index (χ0n) is 17.8. The number of rotatable bonds is 7. The molecule has 1 heterocycles. The number of nitrogens with zero attached hydrogens (tertiary/aromatic N) is 1. The number of aryl methyl sites for hydroxylation is 1. The predicted molar refractivity (Wildman–Crippen MR) is 115 cm³/mol. The average Bonchev–Trinajstić information content (AvgIpc) is 3.29. The average molecular weight is 433 g/mol. The van der Waals surface area contributed by atoms with Crippen LogP contribution in [0.1, 0.15) is 47.3 Å². The monoisotopic (exact) mass is 432 g/mol. The van der Waals surface area contributed by atoms with E-state index in [0.29, 0.717) is 35.7 Å². The van der Waals surface area contributed by atoms with Gasteiger partial charge in [0.15, 0.2) is 0 Å². The first-order valence-electron chi connectivity index (χ1n) is 9.91. The molecule has 2 aromatic carbocycles. The number of carbonyl (C=O) groups excluding carboxylic acids is 1. The van der Waals surface area contributed by atoms with Crippen LogP contribution < -0.4 is 14.8 Å². The van der Waals surface area contributed by atoms with E-state index in [0.717, 1.165) is 18.4 Å². The van der Waals surface area contributed by atoms with Crippen LogP contribution in [0.25, 0.3) is 0 Å². The number of nitrogens with one attached hydrogen (secondary N) is 1. The van der Waals surface area contributed by atoms with Crippen molar-refractivity contribution in [1.29, 1.82) is 0 Å². The SMILES string of the molecule is COc1ccc(OC)c([C@H](C)NC(=O)c2ccc(C)c(S(=O)(=O)N3CCCC3)c2)c1. The number of hydrogen-bond donors (Lipinski definition) is 1. The van der Waals surface area contributed by atoms with Crippen LogP contribution in [0, 0.1) is 6.92 Å². The summed E-state index contributed by atoms with van der Waals surface area (Å²) >= 11 is 0. The minimum atomic E-state index is -3.61. The third-order valence-electron chi connectivity index (χ3n) is 5.38. The Morgan fingerprint density at radius 3 is 2.40 bits per heavy atom. The summed E-state index contributed by atoms with van der Waals surface area (Å²) in [5, 5.41) is 2.92. The van der Waals surface area contributed by atoms with Crippen molar-refractivity contribution in [3.63, 3.8) is 0 Å². The molecule has 1 aliphatic rings. The molecular formula is C22H28N2O5S. The highest BCUT2D eigenvalue weighted by molar-refractivity contribution is 7.89. The number of sulfonamides is 1. The summed E-state index contributed by atoms with van der Waals surface area (Å²) in [4.78, 5) is 13.1. The lowest BCUT2D eigenvalue weighted by Crippen LogP contribution is -2.30. The van der Waals surface area contributed by atoms with Crippen LogP contribution in [0.3, 0.4) is 0 Å². The van der Waals surface area contributed by atoms with E-state index in [9.17, 15) is 13.2 Å². The van der Waals surface area contributed by atoms with Gasteiger partial charge in [0.1, 0.15) is 11.5 Å². The Morgan fingerprint density at radius 2 is 1.77 bits per heavy atom. The van der Waals surface area contributed by atoms with Crippen molar-refractivity contribution >= 4 is 15.9 Å². The van der Waals surface area contributed by atoms with Gasteiger partial charge < -0.3 is 14.8 Å². The molecule has 1 fully saturated rings. The fraction of sp³-hybridized carbons (Fsp3) is 0.409. The van der Waals surface area contributed by atoms with Crippen molar-refractivity contribution in [2.24, 2.45) is 0 Å². The van der Waals surface area contributed by atoms with E-state index in [1.54, 1.807) is 45.4 Å². The van der Waals surface area contributed by atoms with Gasteiger partial charge in [-0.15, -0.1) is 0 Å². The largest absolute Gasteiger partial charge is 0.497 e. The Hall–Kier alpha value is -2.58. The number of ether oxygens (including phenoxy) is 2. The Labute approximate surface area is 178 Å². The molecule has 0 unspecified atom stereocenters. The molecule has 2 aromatic rings.